The van der Waals surface area contributed by atoms with E-state index in [1.165, 1.54) is 0 Å². The molecule has 0 heterocycles. The monoisotopic (exact) mass is 147 g/mol. The SMILES string of the molecule is CC(C)C(=O)O.NCC=O. The zero-order chi connectivity index (χ0) is 8.57. The molecule has 0 aliphatic rings. The van der Waals surface area contributed by atoms with Crippen LogP contribution in [0.15, 0.2) is 0 Å². The van der Waals surface area contributed by atoms with Crippen molar-refractivity contribution < 1.29 is 14.7 Å². The summed E-state index contributed by atoms with van der Waals surface area (Å²) >= 11 is 0. The molecule has 60 valence electrons. The lowest BCUT2D eigenvalue weighted by molar-refractivity contribution is -0.140. The van der Waals surface area contributed by atoms with Crippen LogP contribution in [0.25, 0.3) is 0 Å². The third kappa shape index (κ3) is 15.7. The van der Waals surface area contributed by atoms with Gasteiger partial charge in [0.15, 0.2) is 0 Å². The molecule has 4 nitrogen and oxygen atoms in total. The highest BCUT2D eigenvalue weighted by atomic mass is 16.4. The Balaban J connectivity index is 0. The Morgan fingerprint density at radius 3 is 1.90 bits per heavy atom. The molecule has 0 spiro atoms. The molecular weight excluding hydrogens is 134 g/mol. The quantitative estimate of drug-likeness (QED) is 0.533. The molecule has 3 N–H and O–H groups in total. The molecule has 0 saturated heterocycles. The van der Waals surface area contributed by atoms with Gasteiger partial charge in [0.1, 0.15) is 6.29 Å². The average Bonchev–Trinajstić information content (AvgIpc) is 1.89. The Labute approximate surface area is 60.0 Å². The van der Waals surface area contributed by atoms with Crippen molar-refractivity contribution in [2.75, 3.05) is 6.54 Å². The van der Waals surface area contributed by atoms with Crippen LogP contribution in [-0.2, 0) is 9.59 Å². The van der Waals surface area contributed by atoms with E-state index in [-0.39, 0.29) is 12.5 Å². The molecule has 0 fully saturated rings. The smallest absolute Gasteiger partial charge is 0.305 e. The number of carboxylic acids is 1. The summed E-state index contributed by atoms with van der Waals surface area (Å²) < 4.78 is 0. The molecule has 0 rings (SSSR count). The van der Waals surface area contributed by atoms with E-state index < -0.39 is 5.97 Å². The minimum Gasteiger partial charge on any atom is -0.481 e. The van der Waals surface area contributed by atoms with Crippen molar-refractivity contribution in [3.8, 4) is 0 Å². The molecule has 0 saturated carbocycles. The maximum absolute atomic E-state index is 9.70. The van der Waals surface area contributed by atoms with Gasteiger partial charge in [-0.3, -0.25) is 4.79 Å². The van der Waals surface area contributed by atoms with Crippen molar-refractivity contribution in [1.29, 1.82) is 0 Å². The first kappa shape index (κ1) is 11.8. The van der Waals surface area contributed by atoms with E-state index in [9.17, 15) is 4.79 Å². The molecule has 10 heavy (non-hydrogen) atoms. The summed E-state index contributed by atoms with van der Waals surface area (Å²) in [5.41, 5.74) is 4.66. The van der Waals surface area contributed by atoms with Crippen molar-refractivity contribution >= 4 is 12.3 Å². The number of rotatable bonds is 2. The van der Waals surface area contributed by atoms with Gasteiger partial charge in [0.05, 0.1) is 5.92 Å². The first-order chi connectivity index (χ1) is 4.56. The molecular formula is C6H13NO3. The van der Waals surface area contributed by atoms with Gasteiger partial charge < -0.3 is 15.6 Å². The van der Waals surface area contributed by atoms with Gasteiger partial charge in [0, 0.05) is 6.54 Å². The van der Waals surface area contributed by atoms with Crippen LogP contribution in [0.4, 0.5) is 0 Å². The van der Waals surface area contributed by atoms with Crippen molar-refractivity contribution in [1.82, 2.24) is 0 Å². The predicted molar refractivity (Wildman–Crippen MR) is 37.6 cm³/mol. The van der Waals surface area contributed by atoms with E-state index in [1.54, 1.807) is 13.8 Å². The molecule has 0 aliphatic carbocycles. The normalized spacial score (nSPS) is 8.00. The van der Waals surface area contributed by atoms with Gasteiger partial charge in [-0.2, -0.15) is 0 Å². The van der Waals surface area contributed by atoms with Gasteiger partial charge in [-0.15, -0.1) is 0 Å². The molecule has 0 aliphatic heterocycles. The van der Waals surface area contributed by atoms with E-state index in [4.69, 9.17) is 9.90 Å². The molecule has 0 bridgehead atoms. The summed E-state index contributed by atoms with van der Waals surface area (Å²) in [5, 5.41) is 7.99. The Hall–Kier alpha value is -0.900. The molecule has 0 unspecified atom stereocenters. The van der Waals surface area contributed by atoms with Crippen molar-refractivity contribution in [3.05, 3.63) is 0 Å². The third-order valence-electron chi connectivity index (χ3n) is 0.590. The Kier molecular flexibility index (Phi) is 9.59. The minimum absolute atomic E-state index is 0.139. The van der Waals surface area contributed by atoms with Gasteiger partial charge in [-0.25, -0.2) is 0 Å². The van der Waals surface area contributed by atoms with Crippen molar-refractivity contribution in [3.63, 3.8) is 0 Å². The highest BCUT2D eigenvalue weighted by Crippen LogP contribution is 1.87. The number of carboxylic acid groups (broad SMARTS) is 1. The highest BCUT2D eigenvalue weighted by Gasteiger charge is 1.99. The van der Waals surface area contributed by atoms with Crippen LogP contribution < -0.4 is 5.73 Å². The van der Waals surface area contributed by atoms with E-state index in [0.29, 0.717) is 6.29 Å². The molecule has 4 heteroatoms. The first-order valence-electron chi connectivity index (χ1n) is 2.92. The van der Waals surface area contributed by atoms with Crippen molar-refractivity contribution in [2.24, 2.45) is 11.7 Å². The molecule has 0 amide bonds. The summed E-state index contributed by atoms with van der Waals surface area (Å²) in [6, 6.07) is 0. The summed E-state index contributed by atoms with van der Waals surface area (Å²) in [6.45, 7) is 3.42. The lowest BCUT2D eigenvalue weighted by Crippen LogP contribution is -2.03. The topological polar surface area (TPSA) is 80.4 Å². The van der Waals surface area contributed by atoms with Crippen LogP contribution in [0.1, 0.15) is 13.8 Å². The lowest BCUT2D eigenvalue weighted by Gasteiger charge is -1.89. The summed E-state index contributed by atoms with van der Waals surface area (Å²) in [6.07, 6.45) is 0.653. The standard InChI is InChI=1S/C4H8O2.C2H5NO/c1-3(2)4(5)6;3-1-2-4/h3H,1-2H3,(H,5,6);2H,1,3H2. The number of nitrogens with two attached hydrogens (primary N) is 1. The summed E-state index contributed by atoms with van der Waals surface area (Å²) in [7, 11) is 0. The van der Waals surface area contributed by atoms with Crippen LogP contribution >= 0.6 is 0 Å². The Bertz CT molecular complexity index is 101. The fraction of sp³-hybridized carbons (Fsp3) is 0.667. The van der Waals surface area contributed by atoms with Gasteiger partial charge in [0.2, 0.25) is 0 Å². The second-order valence-electron chi connectivity index (χ2n) is 1.90. The number of aldehydes is 1. The van der Waals surface area contributed by atoms with Crippen molar-refractivity contribution in [2.45, 2.75) is 13.8 Å². The van der Waals surface area contributed by atoms with Gasteiger partial charge in [-0.1, -0.05) is 13.8 Å². The van der Waals surface area contributed by atoms with E-state index in [1.807, 2.05) is 0 Å². The van der Waals surface area contributed by atoms with Gasteiger partial charge >= 0.3 is 5.97 Å². The molecule has 0 aromatic heterocycles. The van der Waals surface area contributed by atoms with Crippen LogP contribution in [-0.4, -0.2) is 23.9 Å². The van der Waals surface area contributed by atoms with Crippen LogP contribution in [0, 0.1) is 5.92 Å². The molecule has 0 aromatic carbocycles. The summed E-state index contributed by atoms with van der Waals surface area (Å²) in [5.74, 6) is -0.972. The maximum atomic E-state index is 9.70. The number of carbonyl (C=O) groups is 2. The van der Waals surface area contributed by atoms with Crippen LogP contribution in [0.2, 0.25) is 0 Å². The molecule has 0 aromatic rings. The number of hydrogen-bond acceptors (Lipinski definition) is 3. The number of hydrogen-bond donors (Lipinski definition) is 2. The maximum Gasteiger partial charge on any atom is 0.305 e. The van der Waals surface area contributed by atoms with E-state index in [2.05, 4.69) is 5.73 Å². The van der Waals surface area contributed by atoms with Crippen LogP contribution in [0.3, 0.4) is 0 Å². The number of aliphatic carboxylic acids is 1. The minimum atomic E-state index is -0.741. The Morgan fingerprint density at radius 2 is 1.90 bits per heavy atom. The zero-order valence-electron chi connectivity index (χ0n) is 6.20. The second-order valence-corrected chi connectivity index (χ2v) is 1.90. The Morgan fingerprint density at radius 1 is 1.70 bits per heavy atom. The second kappa shape index (κ2) is 8.10. The van der Waals surface area contributed by atoms with Crippen LogP contribution in [0.5, 0.6) is 0 Å². The zero-order valence-corrected chi connectivity index (χ0v) is 6.20. The summed E-state index contributed by atoms with van der Waals surface area (Å²) in [4.78, 5) is 18.7. The molecule has 0 atom stereocenters. The fourth-order valence-electron chi connectivity index (χ4n) is 0. The predicted octanol–water partition coefficient (Wildman–Crippen LogP) is -0.129. The number of carbonyl (C=O) groups excluding carboxylic acids is 1. The first-order valence-corrected chi connectivity index (χ1v) is 2.92. The van der Waals surface area contributed by atoms with Gasteiger partial charge in [0.25, 0.3) is 0 Å². The fourth-order valence-corrected chi connectivity index (χ4v) is 0. The third-order valence-corrected chi connectivity index (χ3v) is 0.590. The average molecular weight is 147 g/mol. The van der Waals surface area contributed by atoms with E-state index >= 15 is 0 Å². The molecule has 0 radical (unpaired) electrons. The largest absolute Gasteiger partial charge is 0.481 e. The highest BCUT2D eigenvalue weighted by molar-refractivity contribution is 5.68. The van der Waals surface area contributed by atoms with Gasteiger partial charge in [-0.05, 0) is 0 Å². The van der Waals surface area contributed by atoms with E-state index in [0.717, 1.165) is 0 Å². The lowest BCUT2D eigenvalue weighted by atomic mass is 10.2.